The van der Waals surface area contributed by atoms with Gasteiger partial charge in [-0.1, -0.05) is 30.3 Å². The fourth-order valence-corrected chi connectivity index (χ4v) is 3.47. The van der Waals surface area contributed by atoms with Crippen LogP contribution < -0.4 is 19.5 Å². The van der Waals surface area contributed by atoms with Crippen molar-refractivity contribution in [3.05, 3.63) is 83.9 Å². The topological polar surface area (TPSA) is 60.0 Å². The van der Waals surface area contributed by atoms with Crippen molar-refractivity contribution < 1.29 is 63.2 Å². The van der Waals surface area contributed by atoms with E-state index in [1.165, 1.54) is 36.4 Å². The molecule has 0 bridgehead atoms. The highest BCUT2D eigenvalue weighted by atomic mass is 19.4. The standard InChI is InChI=1S/C26H21F10NO4/c27-22(28)24(29,30)40-20-8-1-4-16(12-20)10-11-23(38,25(31,32)33)37-18-6-3-7-19(14-18)39-15-17-5-2-9-21(13-17)41-26(34,35)36/h1-9,12-14,22,37-38H,10-11,15H2. The van der Waals surface area contributed by atoms with E-state index in [9.17, 15) is 49.0 Å². The van der Waals surface area contributed by atoms with Crippen LogP contribution in [0.4, 0.5) is 49.6 Å². The van der Waals surface area contributed by atoms with Gasteiger partial charge in [0, 0.05) is 18.2 Å². The predicted octanol–water partition coefficient (Wildman–Crippen LogP) is 7.70. The average Bonchev–Trinajstić information content (AvgIpc) is 2.85. The molecule has 15 heteroatoms. The third-order valence-electron chi connectivity index (χ3n) is 5.37. The van der Waals surface area contributed by atoms with Crippen molar-refractivity contribution in [1.82, 2.24) is 0 Å². The van der Waals surface area contributed by atoms with Crippen LogP contribution in [0.1, 0.15) is 17.5 Å². The van der Waals surface area contributed by atoms with E-state index in [-0.39, 0.29) is 29.2 Å². The second kappa shape index (κ2) is 12.3. The summed E-state index contributed by atoms with van der Waals surface area (Å²) in [4.78, 5) is 0. The molecular weight excluding hydrogens is 580 g/mol. The van der Waals surface area contributed by atoms with Gasteiger partial charge in [-0.25, -0.2) is 0 Å². The van der Waals surface area contributed by atoms with Crippen molar-refractivity contribution in [1.29, 1.82) is 0 Å². The molecule has 0 fully saturated rings. The zero-order chi connectivity index (χ0) is 30.5. The number of nitrogens with one attached hydrogen (secondary N) is 1. The number of halogens is 10. The van der Waals surface area contributed by atoms with Gasteiger partial charge in [0.2, 0.25) is 5.72 Å². The van der Waals surface area contributed by atoms with Crippen LogP contribution in [0, 0.1) is 0 Å². The van der Waals surface area contributed by atoms with Crippen molar-refractivity contribution >= 4 is 5.69 Å². The molecule has 3 aromatic carbocycles. The first kappa shape index (κ1) is 31.6. The highest BCUT2D eigenvalue weighted by Gasteiger charge is 2.53. The van der Waals surface area contributed by atoms with Crippen LogP contribution in [0.15, 0.2) is 72.8 Å². The minimum Gasteiger partial charge on any atom is -0.489 e. The predicted molar refractivity (Wildman–Crippen MR) is 125 cm³/mol. The molecule has 0 aliphatic carbocycles. The van der Waals surface area contributed by atoms with E-state index in [2.05, 4.69) is 9.47 Å². The minimum atomic E-state index is -5.24. The third-order valence-corrected chi connectivity index (χ3v) is 5.37. The molecule has 5 nitrogen and oxygen atoms in total. The fourth-order valence-electron chi connectivity index (χ4n) is 3.47. The maximum Gasteiger partial charge on any atom is 0.573 e. The summed E-state index contributed by atoms with van der Waals surface area (Å²) < 4.78 is 143. The van der Waals surface area contributed by atoms with Crippen molar-refractivity contribution in [3.8, 4) is 17.2 Å². The summed E-state index contributed by atoms with van der Waals surface area (Å²) in [5.41, 5.74) is -3.54. The summed E-state index contributed by atoms with van der Waals surface area (Å²) >= 11 is 0. The van der Waals surface area contributed by atoms with E-state index in [1.54, 1.807) is 0 Å². The van der Waals surface area contributed by atoms with Crippen LogP contribution in [-0.4, -0.2) is 35.9 Å². The van der Waals surface area contributed by atoms with E-state index in [0.717, 1.165) is 36.4 Å². The van der Waals surface area contributed by atoms with Gasteiger partial charge in [0.25, 0.3) is 0 Å². The Morgan fingerprint density at radius 1 is 0.707 bits per heavy atom. The van der Waals surface area contributed by atoms with Gasteiger partial charge in [0.1, 0.15) is 23.9 Å². The lowest BCUT2D eigenvalue weighted by molar-refractivity contribution is -0.274. The Balaban J connectivity index is 1.69. The van der Waals surface area contributed by atoms with Crippen LogP contribution in [0.25, 0.3) is 0 Å². The van der Waals surface area contributed by atoms with Crippen molar-refractivity contribution in [2.75, 3.05) is 5.32 Å². The van der Waals surface area contributed by atoms with Crippen LogP contribution in [0.5, 0.6) is 17.2 Å². The molecule has 0 amide bonds. The monoisotopic (exact) mass is 601 g/mol. The third kappa shape index (κ3) is 9.33. The molecule has 0 aromatic heterocycles. The first-order valence-electron chi connectivity index (χ1n) is 11.5. The molecule has 0 radical (unpaired) electrons. The molecule has 3 aromatic rings. The molecule has 1 unspecified atom stereocenters. The lowest BCUT2D eigenvalue weighted by atomic mass is 10.0. The van der Waals surface area contributed by atoms with Gasteiger partial charge in [0.15, 0.2) is 0 Å². The molecule has 0 spiro atoms. The highest BCUT2D eigenvalue weighted by molar-refractivity contribution is 5.50. The van der Waals surface area contributed by atoms with E-state index >= 15 is 0 Å². The summed E-state index contributed by atoms with van der Waals surface area (Å²) in [7, 11) is 0. The quantitative estimate of drug-likeness (QED) is 0.165. The van der Waals surface area contributed by atoms with Gasteiger partial charge in [-0.05, 0) is 53.9 Å². The number of hydrogen-bond acceptors (Lipinski definition) is 5. The Hall–Kier alpha value is -3.88. The molecule has 0 saturated heterocycles. The molecule has 1 atom stereocenters. The molecule has 0 heterocycles. The summed E-state index contributed by atoms with van der Waals surface area (Å²) in [5.74, 6) is -1.20. The average molecular weight is 601 g/mol. The summed E-state index contributed by atoms with van der Waals surface area (Å²) in [6.07, 6.45) is -20.7. The van der Waals surface area contributed by atoms with Crippen molar-refractivity contribution in [2.45, 2.75) is 50.2 Å². The zero-order valence-electron chi connectivity index (χ0n) is 20.6. The number of ether oxygens (including phenoxy) is 3. The Labute approximate surface area is 226 Å². The lowest BCUT2D eigenvalue weighted by Gasteiger charge is -2.32. The van der Waals surface area contributed by atoms with Crippen LogP contribution in [0.3, 0.4) is 0 Å². The molecule has 3 rings (SSSR count). The van der Waals surface area contributed by atoms with Crippen LogP contribution in [-0.2, 0) is 13.0 Å². The molecule has 0 aliphatic heterocycles. The number of alkyl halides is 10. The lowest BCUT2D eigenvalue weighted by Crippen LogP contribution is -2.52. The SMILES string of the molecule is OC(CCc1cccc(OC(F)(F)C(F)F)c1)(Nc1cccc(OCc2cccc(OC(F)(F)F)c2)c1)C(F)(F)F. The number of benzene rings is 3. The normalized spacial score (nSPS) is 14.0. The maximum atomic E-state index is 13.9. The van der Waals surface area contributed by atoms with Gasteiger partial charge in [-0.2, -0.15) is 30.7 Å². The van der Waals surface area contributed by atoms with Crippen LogP contribution in [0.2, 0.25) is 0 Å². The van der Waals surface area contributed by atoms with Crippen molar-refractivity contribution in [3.63, 3.8) is 0 Å². The number of hydrogen-bond donors (Lipinski definition) is 2. The van der Waals surface area contributed by atoms with E-state index in [4.69, 9.17) is 4.74 Å². The second-order valence-corrected chi connectivity index (χ2v) is 8.61. The number of anilines is 1. The number of aliphatic hydroxyl groups is 1. The first-order valence-corrected chi connectivity index (χ1v) is 11.5. The molecular formula is C26H21F10NO4. The zero-order valence-corrected chi connectivity index (χ0v) is 20.6. The van der Waals surface area contributed by atoms with Gasteiger partial charge in [-0.3, -0.25) is 0 Å². The van der Waals surface area contributed by atoms with Crippen molar-refractivity contribution in [2.24, 2.45) is 0 Å². The Bertz CT molecular complexity index is 1300. The Morgan fingerprint density at radius 2 is 1.27 bits per heavy atom. The Kier molecular flexibility index (Phi) is 9.51. The van der Waals surface area contributed by atoms with Crippen LogP contribution >= 0.6 is 0 Å². The molecule has 224 valence electrons. The first-order chi connectivity index (χ1) is 19.0. The second-order valence-electron chi connectivity index (χ2n) is 8.61. The van der Waals surface area contributed by atoms with E-state index in [1.807, 2.05) is 5.32 Å². The van der Waals surface area contributed by atoms with Gasteiger partial charge in [0.05, 0.1) is 0 Å². The Morgan fingerprint density at radius 3 is 1.88 bits per heavy atom. The van der Waals surface area contributed by atoms with E-state index in [0.29, 0.717) is 0 Å². The van der Waals surface area contributed by atoms with Gasteiger partial charge >= 0.3 is 25.1 Å². The minimum absolute atomic E-state index is 0.00600. The smallest absolute Gasteiger partial charge is 0.489 e. The highest BCUT2D eigenvalue weighted by Crippen LogP contribution is 2.36. The van der Waals surface area contributed by atoms with E-state index < -0.39 is 55.1 Å². The van der Waals surface area contributed by atoms with Gasteiger partial charge in [-0.15, -0.1) is 13.2 Å². The number of rotatable bonds is 12. The molecule has 2 N–H and O–H groups in total. The largest absolute Gasteiger partial charge is 0.573 e. The maximum absolute atomic E-state index is 13.9. The number of aryl methyl sites for hydroxylation is 1. The molecule has 0 aliphatic rings. The molecule has 41 heavy (non-hydrogen) atoms. The fraction of sp³-hybridized carbons (Fsp3) is 0.308. The van der Waals surface area contributed by atoms with Gasteiger partial charge < -0.3 is 24.6 Å². The summed E-state index contributed by atoms with van der Waals surface area (Å²) in [6.45, 7) is -0.273. The summed E-state index contributed by atoms with van der Waals surface area (Å²) in [6, 6.07) is 13.9. The summed E-state index contributed by atoms with van der Waals surface area (Å²) in [5, 5.41) is 12.4. The molecule has 0 saturated carbocycles.